The molecule has 0 bridgehead atoms. The van der Waals surface area contributed by atoms with Crippen LogP contribution in [0.4, 0.5) is 0 Å². The van der Waals surface area contributed by atoms with Gasteiger partial charge in [0.15, 0.2) is 0 Å². The summed E-state index contributed by atoms with van der Waals surface area (Å²) in [5.41, 5.74) is 4.71. The van der Waals surface area contributed by atoms with Gasteiger partial charge in [0.2, 0.25) is 0 Å². The molecule has 0 saturated carbocycles. The standard InChI is InChI=1S/C2H6N3.Rf/c1-5-2(3)4;/h1H3,(H3-,3,4,5);/q-1;. The smallest absolute Gasteiger partial charge is 0 e. The Kier molecular flexibility index (Phi) is 4.83. The molecule has 6 heavy (non-hydrogen) atoms. The molecule has 0 heterocycles. The molecule has 0 atom stereocenters. The van der Waals surface area contributed by atoms with Crippen molar-refractivity contribution in [3.8, 4) is 0 Å². The van der Waals surface area contributed by atoms with Crippen LogP contribution in [-0.4, -0.2) is 13.0 Å². The van der Waals surface area contributed by atoms with E-state index in [1.165, 1.54) is 7.05 Å². The Morgan fingerprint density at radius 1 is 1.83 bits per heavy atom. The molecule has 4 heteroatoms. The monoisotopic (exact) mass is 339 g/mol. The van der Waals surface area contributed by atoms with Gasteiger partial charge in [-0.15, -0.1) is 0 Å². The van der Waals surface area contributed by atoms with E-state index in [-0.39, 0.29) is 5.96 Å². The number of rotatable bonds is 0. The van der Waals surface area contributed by atoms with Crippen molar-refractivity contribution in [2.24, 2.45) is 5.73 Å². The maximum absolute atomic E-state index is 6.35. The molecular formula is C2H6N3Rf-. The minimum absolute atomic E-state index is 0. The Morgan fingerprint density at radius 3 is 2.00 bits per heavy atom. The van der Waals surface area contributed by atoms with Gasteiger partial charge in [-0.05, 0) is 13.0 Å². The minimum Gasteiger partial charge on any atom is -0.454 e. The molecule has 32 valence electrons. The Bertz CT molecular complexity index is 44.1. The van der Waals surface area contributed by atoms with E-state index < -0.39 is 0 Å². The van der Waals surface area contributed by atoms with Crippen LogP contribution in [0, 0.1) is 5.41 Å². The van der Waals surface area contributed by atoms with Gasteiger partial charge in [0.1, 0.15) is 0 Å². The van der Waals surface area contributed by atoms with E-state index in [4.69, 9.17) is 11.1 Å². The summed E-state index contributed by atoms with van der Waals surface area (Å²) in [7, 11) is 1.47. The third-order valence-electron chi connectivity index (χ3n) is 0.241. The molecule has 0 unspecified atom stereocenters. The van der Waals surface area contributed by atoms with Crippen LogP contribution in [0.1, 0.15) is 0 Å². The summed E-state index contributed by atoms with van der Waals surface area (Å²) >= 11 is 0. The van der Waals surface area contributed by atoms with Crippen LogP contribution < -0.4 is 5.73 Å². The minimum atomic E-state index is -0.120. The van der Waals surface area contributed by atoms with Crippen LogP contribution in [0.5, 0.6) is 0 Å². The first-order valence-electron chi connectivity index (χ1n) is 1.21. The Hall–Kier alpha value is -1.73. The zero-order chi connectivity index (χ0) is 4.28. The SMILES string of the molecule is C[N-]C(=N)N.[Rf]. The second-order valence-electron chi connectivity index (χ2n) is 0.609. The topological polar surface area (TPSA) is 64.0 Å². The molecule has 0 saturated heterocycles. The summed E-state index contributed by atoms with van der Waals surface area (Å²) < 4.78 is 0. The normalized spacial score (nSPS) is 5.50. The zero-order valence-corrected chi connectivity index (χ0v) is 10.1. The predicted octanol–water partition coefficient (Wildman–Crippen LogP) is -0.117. The van der Waals surface area contributed by atoms with Crippen molar-refractivity contribution >= 4 is 5.96 Å². The van der Waals surface area contributed by atoms with Crippen LogP contribution in [0.2, 0.25) is 0 Å². The third-order valence-corrected chi connectivity index (χ3v) is 0.241. The van der Waals surface area contributed by atoms with E-state index in [9.17, 15) is 0 Å². The summed E-state index contributed by atoms with van der Waals surface area (Å²) in [5, 5.41) is 9.60. The maximum atomic E-state index is 6.35. The van der Waals surface area contributed by atoms with Gasteiger partial charge in [-0.1, -0.05) is 0 Å². The fourth-order valence-electron chi connectivity index (χ4n) is 0. The first-order chi connectivity index (χ1) is 2.27. The molecule has 0 aromatic rings. The van der Waals surface area contributed by atoms with E-state index in [0.29, 0.717) is 0 Å². The first kappa shape index (κ1) is 8.86. The average molecular weight is 339 g/mol. The number of nitrogens with zero attached hydrogens (tertiary/aromatic N) is 1. The number of nitrogens with one attached hydrogen (secondary N) is 1. The van der Waals surface area contributed by atoms with Gasteiger partial charge in [0.25, 0.3) is 0 Å². The molecule has 0 amide bonds. The second kappa shape index (κ2) is 3.27. The van der Waals surface area contributed by atoms with Crippen molar-refractivity contribution in [1.29, 1.82) is 5.41 Å². The molecule has 0 aliphatic rings. The van der Waals surface area contributed by atoms with Gasteiger partial charge in [-0.25, -0.2) is 0 Å². The molecular weight excluding hydrogens is 333 g/mol. The zero-order valence-electron chi connectivity index (χ0n) is 3.73. The average Bonchev–Trinajstić information content (AvgIpc) is 1.38. The van der Waals surface area contributed by atoms with Crippen molar-refractivity contribution < 1.29 is 0 Å². The molecule has 0 radical (unpaired) electrons. The van der Waals surface area contributed by atoms with Gasteiger partial charge >= 0.3 is 0 Å². The Labute approximate surface area is 30.7 Å². The third kappa shape index (κ3) is 50.2. The quantitative estimate of drug-likeness (QED) is 0.469. The molecule has 3 nitrogen and oxygen atoms in total. The fourth-order valence-corrected chi connectivity index (χ4v) is 0. The largest absolute Gasteiger partial charge is 0.454 e. The van der Waals surface area contributed by atoms with Crippen molar-refractivity contribution in [1.82, 2.24) is 0 Å². The van der Waals surface area contributed by atoms with Crippen LogP contribution in [0.25, 0.3) is 5.32 Å². The summed E-state index contributed by atoms with van der Waals surface area (Å²) in [6, 6.07) is 0. The maximum Gasteiger partial charge on any atom is 0 e. The molecule has 0 aliphatic heterocycles. The molecule has 0 fully saturated rings. The summed E-state index contributed by atoms with van der Waals surface area (Å²) in [4.78, 5) is 0. The molecule has 0 aromatic heterocycles. The number of nitrogens with two attached hydrogens (primary N) is 1. The number of hydrogen-bond donors (Lipinski definition) is 2. The summed E-state index contributed by atoms with van der Waals surface area (Å²) in [6.45, 7) is 0. The van der Waals surface area contributed by atoms with Gasteiger partial charge < -0.3 is 16.5 Å². The first-order valence-corrected chi connectivity index (χ1v) is 1.21. The van der Waals surface area contributed by atoms with Gasteiger partial charge in [-0.2, -0.15) is 0 Å². The molecule has 0 spiro atoms. The summed E-state index contributed by atoms with van der Waals surface area (Å²) in [6.07, 6.45) is 0. The van der Waals surface area contributed by atoms with Crippen molar-refractivity contribution in [3.63, 3.8) is 0 Å². The molecule has 0 aliphatic carbocycles. The predicted molar refractivity (Wildman–Crippen MR) is 21.2 cm³/mol. The van der Waals surface area contributed by atoms with Crippen molar-refractivity contribution in [2.75, 3.05) is 7.05 Å². The van der Waals surface area contributed by atoms with Crippen molar-refractivity contribution in [3.05, 3.63) is 5.32 Å². The Balaban J connectivity index is 0. The van der Waals surface area contributed by atoms with Gasteiger partial charge in [0, 0.05) is 0 Å². The van der Waals surface area contributed by atoms with Gasteiger partial charge in [-0.3, -0.25) is 0 Å². The van der Waals surface area contributed by atoms with Crippen LogP contribution in [-0.2, 0) is 0 Å². The molecule has 0 rings (SSSR count). The van der Waals surface area contributed by atoms with Crippen LogP contribution in [0.15, 0.2) is 0 Å². The fraction of sp³-hybridized carbons (Fsp3) is 0.500. The van der Waals surface area contributed by atoms with E-state index in [0.717, 1.165) is 0 Å². The number of guanidine groups is 1. The Morgan fingerprint density at radius 2 is 2.00 bits per heavy atom. The van der Waals surface area contributed by atoms with Crippen LogP contribution >= 0.6 is 0 Å². The van der Waals surface area contributed by atoms with E-state index >= 15 is 0 Å². The molecule has 3 N–H and O–H groups in total. The van der Waals surface area contributed by atoms with Crippen molar-refractivity contribution in [2.45, 2.75) is 0 Å². The van der Waals surface area contributed by atoms with E-state index in [2.05, 4.69) is 5.32 Å². The van der Waals surface area contributed by atoms with E-state index in [1.54, 1.807) is 0 Å². The summed E-state index contributed by atoms with van der Waals surface area (Å²) in [5.74, 6) is -0.120. The van der Waals surface area contributed by atoms with E-state index in [1.807, 2.05) is 0 Å². The molecule has 0 aromatic carbocycles. The number of hydrogen-bond acceptors (Lipinski definition) is 1. The van der Waals surface area contributed by atoms with Crippen LogP contribution in [0.3, 0.4) is 0 Å². The van der Waals surface area contributed by atoms with Gasteiger partial charge in [0.05, 0.1) is 0 Å². The second-order valence-corrected chi connectivity index (χ2v) is 0.609.